The van der Waals surface area contributed by atoms with Gasteiger partial charge >= 0.3 is 0 Å². The summed E-state index contributed by atoms with van der Waals surface area (Å²) in [6.07, 6.45) is 4.89. The van der Waals surface area contributed by atoms with E-state index in [0.717, 1.165) is 31.6 Å². The molecule has 1 aliphatic heterocycles. The first kappa shape index (κ1) is 20.2. The minimum atomic E-state index is -0.441. The van der Waals surface area contributed by atoms with Crippen LogP contribution in [0.2, 0.25) is 0 Å². The molecular formula is C21H22N8O2. The highest BCUT2D eigenvalue weighted by Gasteiger charge is 2.16. The maximum absolute atomic E-state index is 10.9. The molecule has 31 heavy (non-hydrogen) atoms. The summed E-state index contributed by atoms with van der Waals surface area (Å²) in [6, 6.07) is 15.9. The van der Waals surface area contributed by atoms with Crippen molar-refractivity contribution in [2.24, 2.45) is 5.10 Å². The maximum Gasteiger partial charge on any atom is 0.270 e. The van der Waals surface area contributed by atoms with Gasteiger partial charge in [0.15, 0.2) is 0 Å². The molecule has 1 aromatic heterocycles. The Labute approximate surface area is 179 Å². The molecule has 0 radical (unpaired) electrons. The number of benzene rings is 2. The number of piperidine rings is 1. The Balaban J connectivity index is 1.55. The molecule has 0 spiro atoms. The second kappa shape index (κ2) is 9.61. The Morgan fingerprint density at radius 3 is 2.52 bits per heavy atom. The van der Waals surface area contributed by atoms with Crippen molar-refractivity contribution in [2.45, 2.75) is 19.3 Å². The number of nitrogens with zero attached hydrogens (tertiary/aromatic N) is 6. The van der Waals surface area contributed by atoms with Crippen LogP contribution in [0.1, 0.15) is 24.8 Å². The first-order valence-electron chi connectivity index (χ1n) is 10.0. The van der Waals surface area contributed by atoms with Gasteiger partial charge in [-0.15, -0.1) is 0 Å². The number of para-hydroxylation sites is 1. The molecule has 1 fully saturated rings. The van der Waals surface area contributed by atoms with Gasteiger partial charge in [-0.05, 0) is 31.4 Å². The van der Waals surface area contributed by atoms with Crippen LogP contribution >= 0.6 is 0 Å². The van der Waals surface area contributed by atoms with E-state index in [4.69, 9.17) is 0 Å². The molecule has 0 aliphatic carbocycles. The van der Waals surface area contributed by atoms with E-state index >= 15 is 0 Å². The Morgan fingerprint density at radius 1 is 0.968 bits per heavy atom. The lowest BCUT2D eigenvalue weighted by Crippen LogP contribution is -2.31. The average molecular weight is 418 g/mol. The van der Waals surface area contributed by atoms with Crippen LogP contribution < -0.4 is 15.6 Å². The van der Waals surface area contributed by atoms with Crippen molar-refractivity contribution in [3.63, 3.8) is 0 Å². The monoisotopic (exact) mass is 418 g/mol. The highest BCUT2D eigenvalue weighted by molar-refractivity contribution is 5.81. The van der Waals surface area contributed by atoms with Crippen LogP contribution in [0, 0.1) is 10.1 Å². The van der Waals surface area contributed by atoms with Crippen LogP contribution in [-0.4, -0.2) is 39.2 Å². The third-order valence-electron chi connectivity index (χ3n) is 4.75. The number of anilines is 4. The molecule has 1 saturated heterocycles. The van der Waals surface area contributed by atoms with Crippen molar-refractivity contribution in [1.29, 1.82) is 0 Å². The maximum atomic E-state index is 10.9. The Kier molecular flexibility index (Phi) is 6.26. The number of nitro groups is 1. The van der Waals surface area contributed by atoms with Crippen molar-refractivity contribution in [3.05, 3.63) is 70.3 Å². The van der Waals surface area contributed by atoms with Crippen molar-refractivity contribution in [2.75, 3.05) is 28.7 Å². The summed E-state index contributed by atoms with van der Waals surface area (Å²) >= 11 is 0. The highest BCUT2D eigenvalue weighted by Crippen LogP contribution is 2.20. The molecule has 4 rings (SSSR count). The average Bonchev–Trinajstić information content (AvgIpc) is 2.80. The largest absolute Gasteiger partial charge is 0.341 e. The molecule has 158 valence electrons. The molecule has 0 amide bonds. The van der Waals surface area contributed by atoms with Crippen molar-refractivity contribution in [3.8, 4) is 0 Å². The SMILES string of the molecule is O=[N+]([O-])c1cccc(C=NNc2nc(Nc3ccccc3)nc(N3CCCCC3)n2)c1. The molecule has 0 atom stereocenters. The predicted molar refractivity (Wildman–Crippen MR) is 120 cm³/mol. The molecule has 3 aromatic rings. The van der Waals surface area contributed by atoms with Gasteiger partial charge < -0.3 is 10.2 Å². The smallest absolute Gasteiger partial charge is 0.270 e. The number of rotatable bonds is 7. The fourth-order valence-electron chi connectivity index (χ4n) is 3.24. The lowest BCUT2D eigenvalue weighted by Gasteiger charge is -2.26. The summed E-state index contributed by atoms with van der Waals surface area (Å²) in [5.41, 5.74) is 4.28. The third kappa shape index (κ3) is 5.50. The first-order chi connectivity index (χ1) is 15.2. The normalized spacial score (nSPS) is 13.9. The quantitative estimate of drug-likeness (QED) is 0.336. The second-order valence-electron chi connectivity index (χ2n) is 7.04. The third-order valence-corrected chi connectivity index (χ3v) is 4.75. The highest BCUT2D eigenvalue weighted by atomic mass is 16.6. The van der Waals surface area contributed by atoms with Crippen LogP contribution in [0.15, 0.2) is 59.7 Å². The lowest BCUT2D eigenvalue weighted by molar-refractivity contribution is -0.384. The van der Waals surface area contributed by atoms with E-state index in [2.05, 4.69) is 35.7 Å². The van der Waals surface area contributed by atoms with Crippen LogP contribution in [-0.2, 0) is 0 Å². The predicted octanol–water partition coefficient (Wildman–Crippen LogP) is 3.96. The number of nitrogens with one attached hydrogen (secondary N) is 2. The van der Waals surface area contributed by atoms with E-state index < -0.39 is 4.92 Å². The molecule has 2 N–H and O–H groups in total. The van der Waals surface area contributed by atoms with Gasteiger partial charge in [0.1, 0.15) is 0 Å². The topological polar surface area (TPSA) is 121 Å². The van der Waals surface area contributed by atoms with Crippen molar-refractivity contribution < 1.29 is 4.92 Å². The molecule has 0 bridgehead atoms. The fraction of sp³-hybridized carbons (Fsp3) is 0.238. The Morgan fingerprint density at radius 2 is 1.74 bits per heavy atom. The molecule has 0 unspecified atom stereocenters. The molecule has 2 heterocycles. The standard InChI is InChI=1S/C21H22N8O2/c30-29(31)18-11-7-8-16(14-18)15-22-27-20-24-19(23-17-9-3-1-4-10-17)25-21(26-20)28-12-5-2-6-13-28/h1,3-4,7-11,14-15H,2,5-6,12-13H2,(H2,23,24,25,26,27). The molecule has 2 aromatic carbocycles. The second-order valence-corrected chi connectivity index (χ2v) is 7.04. The number of hydrazone groups is 1. The van der Waals surface area contributed by atoms with Crippen molar-refractivity contribution >= 4 is 35.4 Å². The number of non-ortho nitro benzene ring substituents is 1. The zero-order valence-corrected chi connectivity index (χ0v) is 16.8. The summed E-state index contributed by atoms with van der Waals surface area (Å²) in [5.74, 6) is 1.28. The van der Waals surface area contributed by atoms with Gasteiger partial charge in [-0.1, -0.05) is 30.3 Å². The van der Waals surface area contributed by atoms with Gasteiger partial charge in [0, 0.05) is 36.5 Å². The van der Waals surface area contributed by atoms with E-state index in [1.54, 1.807) is 12.1 Å². The zero-order valence-electron chi connectivity index (χ0n) is 16.8. The fourth-order valence-corrected chi connectivity index (χ4v) is 3.24. The van der Waals surface area contributed by atoms with Gasteiger partial charge in [-0.3, -0.25) is 10.1 Å². The van der Waals surface area contributed by atoms with Gasteiger partial charge in [-0.25, -0.2) is 5.43 Å². The minimum absolute atomic E-state index is 0.00541. The van der Waals surface area contributed by atoms with E-state index in [9.17, 15) is 10.1 Å². The number of aromatic nitrogens is 3. The van der Waals surface area contributed by atoms with E-state index in [-0.39, 0.29) is 11.6 Å². The summed E-state index contributed by atoms with van der Waals surface area (Å²) in [4.78, 5) is 26.1. The van der Waals surface area contributed by atoms with Gasteiger partial charge in [0.25, 0.3) is 5.69 Å². The number of nitro benzene ring substituents is 1. The number of hydrogen-bond acceptors (Lipinski definition) is 9. The van der Waals surface area contributed by atoms with Gasteiger partial charge in [0.2, 0.25) is 17.8 Å². The van der Waals surface area contributed by atoms with Crippen LogP contribution in [0.4, 0.5) is 29.2 Å². The first-order valence-corrected chi connectivity index (χ1v) is 10.0. The molecule has 0 saturated carbocycles. The van der Waals surface area contributed by atoms with Crippen LogP contribution in [0.5, 0.6) is 0 Å². The summed E-state index contributed by atoms with van der Waals surface area (Å²) in [6.45, 7) is 1.79. The summed E-state index contributed by atoms with van der Waals surface area (Å²) in [5, 5.41) is 18.3. The Bertz CT molecular complexity index is 1070. The molecule has 10 heteroatoms. The van der Waals surface area contributed by atoms with Gasteiger partial charge in [-0.2, -0.15) is 20.1 Å². The molecular weight excluding hydrogens is 396 g/mol. The summed E-state index contributed by atoms with van der Waals surface area (Å²) < 4.78 is 0. The minimum Gasteiger partial charge on any atom is -0.341 e. The lowest BCUT2D eigenvalue weighted by atomic mass is 10.1. The molecule has 10 nitrogen and oxygen atoms in total. The number of hydrogen-bond donors (Lipinski definition) is 2. The van der Waals surface area contributed by atoms with Gasteiger partial charge in [0.05, 0.1) is 11.1 Å². The van der Waals surface area contributed by atoms with Crippen LogP contribution in [0.25, 0.3) is 0 Å². The van der Waals surface area contributed by atoms with Crippen LogP contribution in [0.3, 0.4) is 0 Å². The molecule has 1 aliphatic rings. The van der Waals surface area contributed by atoms with E-state index in [1.807, 2.05) is 30.3 Å². The Hall–Kier alpha value is -4.08. The van der Waals surface area contributed by atoms with E-state index in [0.29, 0.717) is 17.5 Å². The van der Waals surface area contributed by atoms with E-state index in [1.165, 1.54) is 24.8 Å². The summed E-state index contributed by atoms with van der Waals surface area (Å²) in [7, 11) is 0. The van der Waals surface area contributed by atoms with Crippen molar-refractivity contribution in [1.82, 2.24) is 15.0 Å². The zero-order chi connectivity index (χ0) is 21.5.